The smallest absolute Gasteiger partial charge is 0.311 e. The van der Waals surface area contributed by atoms with Crippen molar-refractivity contribution in [2.24, 2.45) is 11.3 Å². The van der Waals surface area contributed by atoms with E-state index >= 15 is 0 Å². The van der Waals surface area contributed by atoms with Crippen molar-refractivity contribution in [2.75, 3.05) is 6.54 Å². The Morgan fingerprint density at radius 2 is 2.24 bits per heavy atom. The Morgan fingerprint density at radius 1 is 1.53 bits per heavy atom. The molecule has 1 aliphatic rings. The lowest BCUT2D eigenvalue weighted by Gasteiger charge is -2.23. The van der Waals surface area contributed by atoms with E-state index < -0.39 is 11.4 Å². The van der Waals surface area contributed by atoms with E-state index in [0.717, 1.165) is 12.8 Å². The van der Waals surface area contributed by atoms with Gasteiger partial charge in [0, 0.05) is 13.0 Å². The fourth-order valence-corrected chi connectivity index (χ4v) is 1.82. The lowest BCUT2D eigenvalue weighted by Crippen LogP contribution is -2.40. The summed E-state index contributed by atoms with van der Waals surface area (Å²) in [4.78, 5) is 22.7. The number of amides is 1. The molecule has 1 rings (SSSR count). The van der Waals surface area contributed by atoms with Crippen molar-refractivity contribution in [2.45, 2.75) is 39.5 Å². The van der Waals surface area contributed by atoms with Crippen LogP contribution in [0.25, 0.3) is 0 Å². The highest BCUT2D eigenvalue weighted by Crippen LogP contribution is 2.22. The number of carbonyl (C=O) groups is 2. The summed E-state index contributed by atoms with van der Waals surface area (Å²) >= 11 is 0. The molecular formula is C13H21NO3. The van der Waals surface area contributed by atoms with Crippen LogP contribution in [0.5, 0.6) is 0 Å². The van der Waals surface area contributed by atoms with Crippen molar-refractivity contribution >= 4 is 11.9 Å². The van der Waals surface area contributed by atoms with E-state index in [4.69, 9.17) is 5.11 Å². The van der Waals surface area contributed by atoms with E-state index in [1.807, 2.05) is 6.92 Å². The van der Waals surface area contributed by atoms with Gasteiger partial charge in [-0.3, -0.25) is 9.59 Å². The lowest BCUT2D eigenvalue weighted by molar-refractivity contribution is -0.148. The minimum atomic E-state index is -0.860. The molecule has 0 fully saturated rings. The minimum absolute atomic E-state index is 0.0533. The molecule has 0 radical (unpaired) electrons. The van der Waals surface area contributed by atoms with Crippen molar-refractivity contribution < 1.29 is 14.7 Å². The van der Waals surface area contributed by atoms with Gasteiger partial charge < -0.3 is 10.4 Å². The van der Waals surface area contributed by atoms with Gasteiger partial charge in [-0.05, 0) is 32.1 Å². The molecule has 4 nitrogen and oxygen atoms in total. The van der Waals surface area contributed by atoms with Crippen LogP contribution in [0, 0.1) is 11.3 Å². The third-order valence-electron chi connectivity index (χ3n) is 3.53. The molecule has 0 aromatic rings. The van der Waals surface area contributed by atoms with Gasteiger partial charge in [-0.2, -0.15) is 0 Å². The molecule has 17 heavy (non-hydrogen) atoms. The van der Waals surface area contributed by atoms with Crippen molar-refractivity contribution in [3.05, 3.63) is 12.2 Å². The average Bonchev–Trinajstić information content (AvgIpc) is 2.78. The van der Waals surface area contributed by atoms with E-state index in [0.29, 0.717) is 18.8 Å². The van der Waals surface area contributed by atoms with Gasteiger partial charge >= 0.3 is 5.97 Å². The summed E-state index contributed by atoms with van der Waals surface area (Å²) in [5.41, 5.74) is -0.860. The molecule has 0 heterocycles. The van der Waals surface area contributed by atoms with Crippen molar-refractivity contribution in [3.63, 3.8) is 0 Å². The number of carboxylic acids is 1. The summed E-state index contributed by atoms with van der Waals surface area (Å²) in [5, 5.41) is 11.8. The van der Waals surface area contributed by atoms with Crippen molar-refractivity contribution in [3.8, 4) is 0 Å². The van der Waals surface area contributed by atoms with Gasteiger partial charge in [0.1, 0.15) is 0 Å². The molecule has 0 aliphatic heterocycles. The number of hydrogen-bond acceptors (Lipinski definition) is 2. The van der Waals surface area contributed by atoms with Crippen LogP contribution in [0.15, 0.2) is 12.2 Å². The summed E-state index contributed by atoms with van der Waals surface area (Å²) in [6.45, 7) is 3.68. The number of allylic oxidation sites excluding steroid dienone is 2. The molecule has 0 spiro atoms. The Balaban J connectivity index is 2.36. The van der Waals surface area contributed by atoms with Gasteiger partial charge in [-0.15, -0.1) is 0 Å². The third-order valence-corrected chi connectivity index (χ3v) is 3.53. The molecule has 0 saturated heterocycles. The topological polar surface area (TPSA) is 66.4 Å². The lowest BCUT2D eigenvalue weighted by atomic mass is 9.87. The standard InChI is InChI=1S/C13H21NO3/c1-3-13(2,12(16)17)9-14-11(15)8-10-6-4-5-7-10/h4,6,10H,3,5,7-9H2,1-2H3,(H,14,15)(H,16,17). The molecule has 2 atom stereocenters. The molecular weight excluding hydrogens is 218 g/mol. The van der Waals surface area contributed by atoms with Crippen LogP contribution in [-0.4, -0.2) is 23.5 Å². The fourth-order valence-electron chi connectivity index (χ4n) is 1.82. The second-order valence-electron chi connectivity index (χ2n) is 4.97. The summed E-state index contributed by atoms with van der Waals surface area (Å²) in [6.07, 6.45) is 7.19. The van der Waals surface area contributed by atoms with Gasteiger partial charge in [-0.25, -0.2) is 0 Å². The first-order valence-electron chi connectivity index (χ1n) is 6.14. The van der Waals surface area contributed by atoms with Gasteiger partial charge in [-0.1, -0.05) is 19.1 Å². The fraction of sp³-hybridized carbons (Fsp3) is 0.692. The van der Waals surface area contributed by atoms with E-state index in [1.165, 1.54) is 0 Å². The van der Waals surface area contributed by atoms with E-state index in [1.54, 1.807) is 6.92 Å². The second-order valence-corrected chi connectivity index (χ2v) is 4.97. The zero-order chi connectivity index (χ0) is 12.9. The molecule has 0 aromatic carbocycles. The monoisotopic (exact) mass is 239 g/mol. The van der Waals surface area contributed by atoms with Crippen LogP contribution in [0.1, 0.15) is 39.5 Å². The van der Waals surface area contributed by atoms with Crippen LogP contribution < -0.4 is 5.32 Å². The Hall–Kier alpha value is -1.32. The first-order chi connectivity index (χ1) is 7.98. The molecule has 96 valence electrons. The largest absolute Gasteiger partial charge is 0.481 e. The number of rotatable bonds is 6. The number of nitrogens with one attached hydrogen (secondary N) is 1. The third kappa shape index (κ3) is 3.88. The molecule has 2 unspecified atom stereocenters. The second kappa shape index (κ2) is 5.84. The van der Waals surface area contributed by atoms with Gasteiger partial charge in [0.2, 0.25) is 5.91 Å². The van der Waals surface area contributed by atoms with Gasteiger partial charge in [0.15, 0.2) is 0 Å². The van der Waals surface area contributed by atoms with E-state index in [2.05, 4.69) is 17.5 Å². The Bertz CT molecular complexity index is 325. The van der Waals surface area contributed by atoms with E-state index in [9.17, 15) is 9.59 Å². The summed E-state index contributed by atoms with van der Waals surface area (Å²) in [6, 6.07) is 0. The van der Waals surface area contributed by atoms with Crippen LogP contribution in [0.3, 0.4) is 0 Å². The number of carboxylic acid groups (broad SMARTS) is 1. The minimum Gasteiger partial charge on any atom is -0.481 e. The molecule has 2 N–H and O–H groups in total. The quantitative estimate of drug-likeness (QED) is 0.696. The highest BCUT2D eigenvalue weighted by Gasteiger charge is 2.31. The maximum atomic E-state index is 11.6. The Morgan fingerprint density at radius 3 is 2.71 bits per heavy atom. The maximum Gasteiger partial charge on any atom is 0.311 e. The number of carbonyl (C=O) groups excluding carboxylic acids is 1. The Labute approximate surface area is 102 Å². The predicted octanol–water partition coefficient (Wildman–Crippen LogP) is 1.96. The zero-order valence-corrected chi connectivity index (χ0v) is 10.5. The van der Waals surface area contributed by atoms with Crippen LogP contribution in [0.2, 0.25) is 0 Å². The average molecular weight is 239 g/mol. The maximum absolute atomic E-state index is 11.6. The first-order valence-corrected chi connectivity index (χ1v) is 6.14. The van der Waals surface area contributed by atoms with Crippen LogP contribution in [-0.2, 0) is 9.59 Å². The molecule has 1 amide bonds. The molecule has 0 bridgehead atoms. The predicted molar refractivity (Wildman–Crippen MR) is 65.5 cm³/mol. The van der Waals surface area contributed by atoms with E-state index in [-0.39, 0.29) is 12.5 Å². The van der Waals surface area contributed by atoms with Crippen molar-refractivity contribution in [1.29, 1.82) is 0 Å². The zero-order valence-electron chi connectivity index (χ0n) is 10.5. The van der Waals surface area contributed by atoms with Crippen molar-refractivity contribution in [1.82, 2.24) is 5.32 Å². The molecule has 0 saturated carbocycles. The number of hydrogen-bond donors (Lipinski definition) is 2. The van der Waals surface area contributed by atoms with Gasteiger partial charge in [0.25, 0.3) is 0 Å². The summed E-state index contributed by atoms with van der Waals surface area (Å²) in [5.74, 6) is -0.587. The first kappa shape index (κ1) is 13.7. The molecule has 4 heteroatoms. The van der Waals surface area contributed by atoms with Gasteiger partial charge in [0.05, 0.1) is 5.41 Å². The summed E-state index contributed by atoms with van der Waals surface area (Å²) < 4.78 is 0. The highest BCUT2D eigenvalue weighted by atomic mass is 16.4. The summed E-state index contributed by atoms with van der Waals surface area (Å²) in [7, 11) is 0. The number of aliphatic carboxylic acids is 1. The molecule has 1 aliphatic carbocycles. The highest BCUT2D eigenvalue weighted by molar-refractivity contribution is 5.79. The normalized spacial score (nSPS) is 22.1. The Kier molecular flexibility index (Phi) is 4.73. The van der Waals surface area contributed by atoms with Crippen LogP contribution in [0.4, 0.5) is 0 Å². The van der Waals surface area contributed by atoms with Crippen LogP contribution >= 0.6 is 0 Å². The molecule has 0 aromatic heterocycles. The SMILES string of the molecule is CCC(C)(CNC(=O)CC1C=CCC1)C(=O)O.